The Morgan fingerprint density at radius 3 is 1.53 bits per heavy atom. The van der Waals surface area contributed by atoms with Gasteiger partial charge >= 0.3 is 5.97 Å². The lowest BCUT2D eigenvalue weighted by Crippen LogP contribution is -2.60. The third-order valence-corrected chi connectivity index (χ3v) is 13.7. The number of aliphatic hydroxyl groups excluding tert-OH is 5. The van der Waals surface area contributed by atoms with E-state index in [0.29, 0.717) is 19.4 Å². The number of esters is 1. The molecule has 7 unspecified atom stereocenters. The van der Waals surface area contributed by atoms with E-state index >= 15 is 0 Å². The lowest BCUT2D eigenvalue weighted by atomic mass is 9.99. The number of unbranched alkanes of at least 4 members (excludes halogenated alkanes) is 26. The van der Waals surface area contributed by atoms with Crippen molar-refractivity contribution < 1.29 is 49.3 Å². The molecule has 0 saturated carbocycles. The van der Waals surface area contributed by atoms with Crippen LogP contribution < -0.4 is 5.32 Å². The zero-order chi connectivity index (χ0) is 54.5. The highest BCUT2D eigenvalue weighted by molar-refractivity contribution is 5.76. The molecule has 0 spiro atoms. The number of ether oxygens (including phenoxy) is 3. The summed E-state index contributed by atoms with van der Waals surface area (Å²) in [6.45, 7) is 4.18. The van der Waals surface area contributed by atoms with E-state index in [2.05, 4.69) is 92.1 Å². The second-order valence-corrected chi connectivity index (χ2v) is 20.7. The van der Waals surface area contributed by atoms with Gasteiger partial charge < -0.3 is 45.1 Å². The standard InChI is InChI=1S/C64H111NO10/c1-3-5-7-9-11-13-15-17-23-27-30-34-38-42-46-50-57(67)56(55-74-64-63(72)62(71)61(70)58(54-66)75-64)65-59(68)51-47-43-39-35-31-28-24-21-19-18-20-22-25-29-33-37-41-45-49-53-73-60(69)52-48-44-40-36-32-26-16-14-12-10-8-6-4-2/h8,10,14-17,22,25,29-30,33-34,46,50,56-58,61-64,66-67,70-72H,3-7,9,11-13,18-21,23-24,26-28,31-32,35-45,47-49,51-55H2,1-2H3,(H,65,68)/b10-8-,16-14-,17-15+,25-22-,33-29-,34-30+,50-46+. The smallest absolute Gasteiger partial charge is 0.305 e. The van der Waals surface area contributed by atoms with Crippen LogP contribution in [0.2, 0.25) is 0 Å². The number of aliphatic hydroxyl groups is 5. The number of hydrogen-bond acceptors (Lipinski definition) is 10. The average Bonchev–Trinajstić information content (AvgIpc) is 3.41. The number of allylic oxidation sites excluding steroid dienone is 13. The second kappa shape index (κ2) is 52.9. The first-order chi connectivity index (χ1) is 36.7. The first-order valence-electron chi connectivity index (χ1n) is 30.4. The molecule has 1 aliphatic rings. The Balaban J connectivity index is 2.15. The Morgan fingerprint density at radius 1 is 0.507 bits per heavy atom. The molecule has 1 rings (SSSR count). The van der Waals surface area contributed by atoms with Crippen LogP contribution in [0, 0.1) is 0 Å². The minimum atomic E-state index is -1.59. The first-order valence-corrected chi connectivity index (χ1v) is 30.4. The second-order valence-electron chi connectivity index (χ2n) is 20.7. The van der Waals surface area contributed by atoms with Gasteiger partial charge in [-0.15, -0.1) is 0 Å². The van der Waals surface area contributed by atoms with Gasteiger partial charge in [-0.05, 0) is 116 Å². The van der Waals surface area contributed by atoms with E-state index in [-0.39, 0.29) is 18.5 Å². The van der Waals surface area contributed by atoms with Gasteiger partial charge in [0.05, 0.1) is 32.0 Å². The highest BCUT2D eigenvalue weighted by Crippen LogP contribution is 2.23. The van der Waals surface area contributed by atoms with Crippen molar-refractivity contribution in [2.24, 2.45) is 0 Å². The molecule has 0 radical (unpaired) electrons. The van der Waals surface area contributed by atoms with Crippen LogP contribution in [0.1, 0.15) is 245 Å². The van der Waals surface area contributed by atoms with Crippen LogP contribution in [0.25, 0.3) is 0 Å². The topological polar surface area (TPSA) is 175 Å². The molecule has 1 aliphatic heterocycles. The molecule has 75 heavy (non-hydrogen) atoms. The van der Waals surface area contributed by atoms with Gasteiger partial charge in [0.1, 0.15) is 24.4 Å². The minimum Gasteiger partial charge on any atom is -0.466 e. The molecule has 0 bridgehead atoms. The molecule has 0 aromatic carbocycles. The van der Waals surface area contributed by atoms with Gasteiger partial charge in [-0.3, -0.25) is 9.59 Å². The summed E-state index contributed by atoms with van der Waals surface area (Å²) in [6, 6.07) is -0.845. The van der Waals surface area contributed by atoms with Crippen molar-refractivity contribution in [3.05, 3.63) is 85.1 Å². The zero-order valence-electron chi connectivity index (χ0n) is 47.5. The molecule has 0 aliphatic carbocycles. The first kappa shape index (κ1) is 69.9. The van der Waals surface area contributed by atoms with Crippen molar-refractivity contribution >= 4 is 11.9 Å². The number of amides is 1. The Hall–Kier alpha value is -3.16. The van der Waals surface area contributed by atoms with Crippen molar-refractivity contribution in [3.8, 4) is 0 Å². The monoisotopic (exact) mass is 1050 g/mol. The van der Waals surface area contributed by atoms with Crippen LogP contribution in [-0.4, -0.2) is 100 Å². The van der Waals surface area contributed by atoms with Crippen LogP contribution >= 0.6 is 0 Å². The van der Waals surface area contributed by atoms with Crippen LogP contribution in [0.15, 0.2) is 85.1 Å². The van der Waals surface area contributed by atoms with Crippen LogP contribution in [0.3, 0.4) is 0 Å². The molecular weight excluding hydrogens is 943 g/mol. The highest BCUT2D eigenvalue weighted by Gasteiger charge is 2.44. The maximum Gasteiger partial charge on any atom is 0.305 e. The number of rotatable bonds is 51. The van der Waals surface area contributed by atoms with Crippen molar-refractivity contribution in [3.63, 3.8) is 0 Å². The molecule has 432 valence electrons. The predicted molar refractivity (Wildman–Crippen MR) is 310 cm³/mol. The van der Waals surface area contributed by atoms with Gasteiger partial charge in [0.2, 0.25) is 5.91 Å². The van der Waals surface area contributed by atoms with Crippen molar-refractivity contribution in [2.45, 2.75) is 288 Å². The van der Waals surface area contributed by atoms with Gasteiger partial charge in [0.25, 0.3) is 0 Å². The maximum absolute atomic E-state index is 13.0. The molecule has 11 heteroatoms. The van der Waals surface area contributed by atoms with Crippen LogP contribution in [0.5, 0.6) is 0 Å². The fraction of sp³-hybridized carbons (Fsp3) is 0.750. The fourth-order valence-electron chi connectivity index (χ4n) is 8.85. The molecule has 7 atom stereocenters. The number of nitrogens with one attached hydrogen (secondary N) is 1. The van der Waals surface area contributed by atoms with Gasteiger partial charge in [-0.2, -0.15) is 0 Å². The van der Waals surface area contributed by atoms with E-state index in [9.17, 15) is 35.1 Å². The van der Waals surface area contributed by atoms with Gasteiger partial charge in [0.15, 0.2) is 6.29 Å². The molecule has 1 saturated heterocycles. The highest BCUT2D eigenvalue weighted by atomic mass is 16.7. The molecule has 1 heterocycles. The molecular formula is C64H111NO10. The molecule has 0 aromatic heterocycles. The minimum absolute atomic E-state index is 0.0458. The Morgan fingerprint density at radius 2 is 0.973 bits per heavy atom. The summed E-state index contributed by atoms with van der Waals surface area (Å²) in [5.41, 5.74) is 0. The molecule has 0 aromatic rings. The van der Waals surface area contributed by atoms with E-state index < -0.39 is 49.5 Å². The maximum atomic E-state index is 13.0. The summed E-state index contributed by atoms with van der Waals surface area (Å²) in [5.74, 6) is -0.254. The summed E-state index contributed by atoms with van der Waals surface area (Å²) in [4.78, 5) is 25.1. The molecule has 1 fully saturated rings. The van der Waals surface area contributed by atoms with Gasteiger partial charge in [-0.25, -0.2) is 0 Å². The Labute approximate surface area is 457 Å². The Bertz CT molecular complexity index is 1520. The number of hydrogen-bond donors (Lipinski definition) is 6. The van der Waals surface area contributed by atoms with E-state index in [1.54, 1.807) is 6.08 Å². The summed E-state index contributed by atoms with van der Waals surface area (Å²) in [5, 5.41) is 54.4. The summed E-state index contributed by atoms with van der Waals surface area (Å²) >= 11 is 0. The molecule has 6 N–H and O–H groups in total. The van der Waals surface area contributed by atoms with Crippen molar-refractivity contribution in [1.29, 1.82) is 0 Å². The molecule has 1 amide bonds. The van der Waals surface area contributed by atoms with E-state index in [0.717, 1.165) is 116 Å². The summed E-state index contributed by atoms with van der Waals surface area (Å²) < 4.78 is 16.7. The summed E-state index contributed by atoms with van der Waals surface area (Å²) in [6.07, 6.45) is 60.9. The SMILES string of the molecule is CCC/C=C\C/C=C\CCCCCCCC(=O)OCCCCC/C=C\C=C/CCCCCCCCCCCCC(=O)NC(COC1OC(CO)C(O)C(O)C1O)C(O)/C=C/CC/C=C/CC/C=C/CCCCCCC. The van der Waals surface area contributed by atoms with E-state index in [1.807, 2.05) is 6.08 Å². The number of carbonyl (C=O) groups excluding carboxylic acids is 2. The number of carbonyl (C=O) groups is 2. The largest absolute Gasteiger partial charge is 0.466 e. The quantitative estimate of drug-likeness (QED) is 0.0149. The summed E-state index contributed by atoms with van der Waals surface area (Å²) in [7, 11) is 0. The normalized spacial score (nSPS) is 19.4. The lowest BCUT2D eigenvalue weighted by molar-refractivity contribution is -0.302. The van der Waals surface area contributed by atoms with Crippen molar-refractivity contribution in [1.82, 2.24) is 5.32 Å². The molecule has 11 nitrogen and oxygen atoms in total. The third kappa shape index (κ3) is 42.5. The average molecular weight is 1050 g/mol. The van der Waals surface area contributed by atoms with E-state index in [1.165, 1.54) is 103 Å². The van der Waals surface area contributed by atoms with Crippen LogP contribution in [-0.2, 0) is 23.8 Å². The van der Waals surface area contributed by atoms with Gasteiger partial charge in [-0.1, -0.05) is 202 Å². The zero-order valence-corrected chi connectivity index (χ0v) is 47.5. The van der Waals surface area contributed by atoms with Crippen LogP contribution in [0.4, 0.5) is 0 Å². The third-order valence-electron chi connectivity index (χ3n) is 13.7. The fourth-order valence-corrected chi connectivity index (χ4v) is 8.85. The Kier molecular flexibility index (Phi) is 49.2. The lowest BCUT2D eigenvalue weighted by Gasteiger charge is -2.40. The van der Waals surface area contributed by atoms with Crippen molar-refractivity contribution in [2.75, 3.05) is 19.8 Å². The van der Waals surface area contributed by atoms with Gasteiger partial charge in [0, 0.05) is 12.8 Å². The predicted octanol–water partition coefficient (Wildman–Crippen LogP) is 14.2. The van der Waals surface area contributed by atoms with E-state index in [4.69, 9.17) is 14.2 Å².